The number of aromatic nitrogens is 1. The molecule has 2 aromatic rings. The average molecular weight is 406 g/mol. The largest absolute Gasteiger partial charge is 0.489 e. The molecule has 0 saturated carbocycles. The van der Waals surface area contributed by atoms with Crippen molar-refractivity contribution in [2.45, 2.75) is 25.0 Å². The summed E-state index contributed by atoms with van der Waals surface area (Å²) in [5, 5.41) is 5.16. The third kappa shape index (κ3) is 6.09. The molecule has 1 aromatic carbocycles. The first-order valence-electron chi connectivity index (χ1n) is 7.56. The lowest BCUT2D eigenvalue weighted by Crippen LogP contribution is -2.35. The normalized spacial score (nSPS) is 17.5. The standard InChI is InChI=1S/C17H17F2N3O2.2ClH/c18-17(19)8-15(21-11-17)16(23)22-13-4-1-5-14(7-13)24-10-12-3-2-6-20-9-12;;/h1-7,9,15,21H,8,10-11H2,(H,22,23);2*1H. The molecule has 0 aliphatic carbocycles. The van der Waals surface area contributed by atoms with Crippen LogP contribution >= 0.6 is 24.8 Å². The van der Waals surface area contributed by atoms with Crippen LogP contribution in [0.5, 0.6) is 5.75 Å². The van der Waals surface area contributed by atoms with Crippen LogP contribution in [0.25, 0.3) is 0 Å². The zero-order chi connectivity index (χ0) is 17.0. The molecule has 3 rings (SSSR count). The Morgan fingerprint density at radius 2 is 2.12 bits per heavy atom. The maximum absolute atomic E-state index is 13.2. The minimum Gasteiger partial charge on any atom is -0.489 e. The number of alkyl halides is 2. The van der Waals surface area contributed by atoms with E-state index in [-0.39, 0.29) is 24.8 Å². The molecule has 1 amide bonds. The van der Waals surface area contributed by atoms with Crippen molar-refractivity contribution in [3.63, 3.8) is 0 Å². The summed E-state index contributed by atoms with van der Waals surface area (Å²) in [7, 11) is 0. The monoisotopic (exact) mass is 405 g/mol. The van der Waals surface area contributed by atoms with Crippen molar-refractivity contribution in [2.75, 3.05) is 11.9 Å². The van der Waals surface area contributed by atoms with E-state index in [0.29, 0.717) is 18.0 Å². The van der Waals surface area contributed by atoms with Crippen LogP contribution in [0.2, 0.25) is 0 Å². The Hall–Kier alpha value is -1.96. The number of nitrogens with one attached hydrogen (secondary N) is 2. The van der Waals surface area contributed by atoms with Gasteiger partial charge in [0.05, 0.1) is 12.6 Å². The highest BCUT2D eigenvalue weighted by Gasteiger charge is 2.42. The number of hydrogen-bond acceptors (Lipinski definition) is 4. The number of ether oxygens (including phenoxy) is 1. The van der Waals surface area contributed by atoms with Gasteiger partial charge in [0.25, 0.3) is 5.92 Å². The number of carbonyl (C=O) groups excluding carboxylic acids is 1. The minimum absolute atomic E-state index is 0. The number of pyridine rings is 1. The third-order valence-electron chi connectivity index (χ3n) is 3.66. The van der Waals surface area contributed by atoms with Gasteiger partial charge in [-0.25, -0.2) is 8.78 Å². The second-order valence-electron chi connectivity index (χ2n) is 5.66. The van der Waals surface area contributed by atoms with Gasteiger partial charge < -0.3 is 10.1 Å². The summed E-state index contributed by atoms with van der Waals surface area (Å²) in [6, 6.07) is 9.65. The van der Waals surface area contributed by atoms with Crippen molar-refractivity contribution in [1.29, 1.82) is 0 Å². The number of anilines is 1. The molecule has 1 aliphatic rings. The Morgan fingerprint density at radius 1 is 1.31 bits per heavy atom. The summed E-state index contributed by atoms with van der Waals surface area (Å²) >= 11 is 0. The lowest BCUT2D eigenvalue weighted by molar-refractivity contribution is -0.118. The second-order valence-corrected chi connectivity index (χ2v) is 5.66. The number of nitrogens with zero attached hydrogens (tertiary/aromatic N) is 1. The number of amides is 1. The molecule has 26 heavy (non-hydrogen) atoms. The van der Waals surface area contributed by atoms with Gasteiger partial charge in [-0.05, 0) is 18.2 Å². The zero-order valence-electron chi connectivity index (χ0n) is 13.7. The summed E-state index contributed by atoms with van der Waals surface area (Å²) in [4.78, 5) is 16.0. The second kappa shape index (κ2) is 9.66. The molecular weight excluding hydrogens is 387 g/mol. The molecule has 5 nitrogen and oxygen atoms in total. The number of halogens is 4. The summed E-state index contributed by atoms with van der Waals surface area (Å²) in [6.07, 6.45) is 2.90. The predicted molar refractivity (Wildman–Crippen MR) is 99.5 cm³/mol. The summed E-state index contributed by atoms with van der Waals surface area (Å²) in [5.74, 6) is -2.74. The van der Waals surface area contributed by atoms with Crippen LogP contribution in [0.4, 0.5) is 14.5 Å². The molecule has 0 spiro atoms. The van der Waals surface area contributed by atoms with Crippen molar-refractivity contribution < 1.29 is 18.3 Å². The Labute approximate surface area is 162 Å². The summed E-state index contributed by atoms with van der Waals surface area (Å²) in [5.41, 5.74) is 1.42. The number of hydrogen-bond donors (Lipinski definition) is 2. The highest BCUT2D eigenvalue weighted by Crippen LogP contribution is 2.26. The van der Waals surface area contributed by atoms with Crippen molar-refractivity contribution in [1.82, 2.24) is 10.3 Å². The summed E-state index contributed by atoms with van der Waals surface area (Å²) in [6.45, 7) is -0.124. The average Bonchev–Trinajstić information content (AvgIpc) is 2.94. The van der Waals surface area contributed by atoms with Gasteiger partial charge in [-0.1, -0.05) is 12.1 Å². The fourth-order valence-corrected chi connectivity index (χ4v) is 2.44. The molecule has 0 bridgehead atoms. The van der Waals surface area contributed by atoms with Crippen LogP contribution in [0.1, 0.15) is 12.0 Å². The van der Waals surface area contributed by atoms with E-state index >= 15 is 0 Å². The molecule has 2 N–H and O–H groups in total. The first-order valence-corrected chi connectivity index (χ1v) is 7.56. The van der Waals surface area contributed by atoms with Crippen molar-refractivity contribution in [2.24, 2.45) is 0 Å². The Kier molecular flexibility index (Phi) is 8.20. The van der Waals surface area contributed by atoms with Crippen LogP contribution in [-0.4, -0.2) is 29.4 Å². The third-order valence-corrected chi connectivity index (χ3v) is 3.66. The maximum atomic E-state index is 13.2. The molecule has 1 atom stereocenters. The van der Waals surface area contributed by atoms with Crippen molar-refractivity contribution in [3.05, 3.63) is 54.4 Å². The SMILES string of the molecule is Cl.Cl.O=C(Nc1cccc(OCc2cccnc2)c1)C1CC(F)(F)CN1. The van der Waals surface area contributed by atoms with Crippen molar-refractivity contribution >= 4 is 36.4 Å². The van der Waals surface area contributed by atoms with Gasteiger partial charge in [0.2, 0.25) is 5.91 Å². The molecule has 1 unspecified atom stereocenters. The highest BCUT2D eigenvalue weighted by molar-refractivity contribution is 5.95. The van der Waals surface area contributed by atoms with Crippen LogP contribution in [-0.2, 0) is 11.4 Å². The first kappa shape index (κ1) is 22.1. The topological polar surface area (TPSA) is 63.2 Å². The van der Waals surface area contributed by atoms with Gasteiger partial charge >= 0.3 is 0 Å². The lowest BCUT2D eigenvalue weighted by atomic mass is 10.2. The van der Waals surface area contributed by atoms with Gasteiger partial charge in [0, 0.05) is 36.1 Å². The molecule has 9 heteroatoms. The fraction of sp³-hybridized carbons (Fsp3) is 0.294. The van der Waals surface area contributed by atoms with E-state index in [0.717, 1.165) is 5.56 Å². The Bertz CT molecular complexity index is 720. The van der Waals surface area contributed by atoms with Gasteiger partial charge in [-0.15, -0.1) is 24.8 Å². The Balaban J connectivity index is 0.00000169. The maximum Gasteiger partial charge on any atom is 0.262 e. The molecular formula is C17H19Cl2F2N3O2. The Morgan fingerprint density at radius 3 is 2.77 bits per heavy atom. The smallest absolute Gasteiger partial charge is 0.262 e. The van der Waals surface area contributed by atoms with E-state index in [4.69, 9.17) is 4.74 Å². The molecule has 1 saturated heterocycles. The van der Waals surface area contributed by atoms with E-state index in [9.17, 15) is 13.6 Å². The van der Waals surface area contributed by atoms with Crippen molar-refractivity contribution in [3.8, 4) is 5.75 Å². The molecule has 1 aromatic heterocycles. The number of benzene rings is 1. The molecule has 142 valence electrons. The minimum atomic E-state index is -2.84. The molecule has 1 aliphatic heterocycles. The fourth-order valence-electron chi connectivity index (χ4n) is 2.44. The van der Waals surface area contributed by atoms with Gasteiger partial charge in [-0.2, -0.15) is 0 Å². The van der Waals surface area contributed by atoms with Crippen LogP contribution < -0.4 is 15.4 Å². The van der Waals surface area contributed by atoms with Crippen LogP contribution in [0.3, 0.4) is 0 Å². The quantitative estimate of drug-likeness (QED) is 0.799. The van der Waals surface area contributed by atoms with E-state index in [1.54, 1.807) is 36.7 Å². The van der Waals surface area contributed by atoms with E-state index < -0.39 is 30.8 Å². The predicted octanol–water partition coefficient (Wildman–Crippen LogP) is 3.44. The van der Waals surface area contributed by atoms with E-state index in [2.05, 4.69) is 15.6 Å². The van der Waals surface area contributed by atoms with Crippen LogP contribution in [0, 0.1) is 0 Å². The summed E-state index contributed by atoms with van der Waals surface area (Å²) < 4.78 is 31.9. The first-order chi connectivity index (χ1) is 11.5. The molecule has 0 radical (unpaired) electrons. The highest BCUT2D eigenvalue weighted by atomic mass is 35.5. The molecule has 2 heterocycles. The number of rotatable bonds is 5. The number of carbonyl (C=O) groups is 1. The zero-order valence-corrected chi connectivity index (χ0v) is 15.3. The van der Waals surface area contributed by atoms with E-state index in [1.807, 2.05) is 12.1 Å². The van der Waals surface area contributed by atoms with Crippen LogP contribution in [0.15, 0.2) is 48.8 Å². The van der Waals surface area contributed by atoms with Gasteiger partial charge in [-0.3, -0.25) is 15.1 Å². The van der Waals surface area contributed by atoms with Gasteiger partial charge in [0.1, 0.15) is 12.4 Å². The molecule has 1 fully saturated rings. The van der Waals surface area contributed by atoms with Gasteiger partial charge in [0.15, 0.2) is 0 Å². The van der Waals surface area contributed by atoms with E-state index in [1.165, 1.54) is 0 Å². The lowest BCUT2D eigenvalue weighted by Gasteiger charge is -2.12.